The first kappa shape index (κ1) is 21.4. The average Bonchev–Trinajstić information content (AvgIpc) is 2.78. The molecule has 2 aromatic carbocycles. The number of rotatable bonds is 6. The molecule has 0 spiro atoms. The van der Waals surface area contributed by atoms with E-state index >= 15 is 0 Å². The van der Waals surface area contributed by atoms with E-state index in [1.807, 2.05) is 30.3 Å². The maximum Gasteiger partial charge on any atom is 0.317 e. The highest BCUT2D eigenvalue weighted by Gasteiger charge is 2.44. The predicted octanol–water partition coefficient (Wildman–Crippen LogP) is 2.76. The summed E-state index contributed by atoms with van der Waals surface area (Å²) in [6, 6.07) is 16.3. The van der Waals surface area contributed by atoms with Crippen molar-refractivity contribution in [2.75, 3.05) is 32.1 Å². The van der Waals surface area contributed by atoms with Crippen LogP contribution in [0, 0.1) is 0 Å². The molecule has 0 unspecified atom stereocenters. The van der Waals surface area contributed by atoms with Gasteiger partial charge in [-0.1, -0.05) is 30.3 Å². The topological polar surface area (TPSA) is 84.9 Å². The molecule has 0 atom stereocenters. The summed E-state index contributed by atoms with van der Waals surface area (Å²) < 4.78 is 10.5. The highest BCUT2D eigenvalue weighted by Crippen LogP contribution is 2.37. The van der Waals surface area contributed by atoms with E-state index in [9.17, 15) is 14.4 Å². The van der Waals surface area contributed by atoms with Crippen molar-refractivity contribution in [3.05, 3.63) is 60.2 Å². The lowest BCUT2D eigenvalue weighted by molar-refractivity contribution is -0.156. The largest absolute Gasteiger partial charge is 0.497 e. The Morgan fingerprint density at radius 2 is 1.63 bits per heavy atom. The Balaban J connectivity index is 1.66. The van der Waals surface area contributed by atoms with Crippen molar-refractivity contribution in [2.45, 2.75) is 25.2 Å². The number of amides is 2. The van der Waals surface area contributed by atoms with Gasteiger partial charge in [-0.3, -0.25) is 14.4 Å². The van der Waals surface area contributed by atoms with Crippen molar-refractivity contribution in [3.63, 3.8) is 0 Å². The van der Waals surface area contributed by atoms with Gasteiger partial charge in [-0.15, -0.1) is 0 Å². The van der Waals surface area contributed by atoms with Crippen molar-refractivity contribution in [1.29, 1.82) is 0 Å². The third kappa shape index (κ3) is 4.79. The summed E-state index contributed by atoms with van der Waals surface area (Å²) in [5, 5.41) is 2.70. The van der Waals surface area contributed by atoms with Crippen LogP contribution in [0.4, 0.5) is 5.69 Å². The van der Waals surface area contributed by atoms with Gasteiger partial charge in [0.2, 0.25) is 5.91 Å². The van der Waals surface area contributed by atoms with Gasteiger partial charge in [0.1, 0.15) is 5.75 Å². The lowest BCUT2D eigenvalue weighted by Gasteiger charge is -2.40. The fourth-order valence-electron chi connectivity index (χ4n) is 3.71. The van der Waals surface area contributed by atoms with Crippen molar-refractivity contribution in [2.24, 2.45) is 0 Å². The number of methoxy groups -OCH3 is 1. The van der Waals surface area contributed by atoms with Crippen LogP contribution in [0.5, 0.6) is 5.75 Å². The number of hydrogen-bond donors (Lipinski definition) is 1. The maximum atomic E-state index is 13.1. The van der Waals surface area contributed by atoms with E-state index in [-0.39, 0.29) is 12.5 Å². The van der Waals surface area contributed by atoms with E-state index < -0.39 is 17.3 Å². The van der Waals surface area contributed by atoms with E-state index in [0.717, 1.165) is 5.56 Å². The lowest BCUT2D eigenvalue weighted by atomic mass is 9.72. The molecule has 30 heavy (non-hydrogen) atoms. The molecule has 7 nitrogen and oxygen atoms in total. The number of anilines is 1. The van der Waals surface area contributed by atoms with Gasteiger partial charge in [0.25, 0.3) is 5.91 Å². The number of nitrogens with one attached hydrogen (secondary N) is 1. The van der Waals surface area contributed by atoms with Crippen LogP contribution >= 0.6 is 0 Å². The van der Waals surface area contributed by atoms with Crippen LogP contribution in [0.25, 0.3) is 0 Å². The Kier molecular flexibility index (Phi) is 6.72. The maximum absolute atomic E-state index is 13.1. The van der Waals surface area contributed by atoms with E-state index in [0.29, 0.717) is 37.4 Å². The number of nitrogens with zero attached hydrogens (tertiary/aromatic N) is 1. The summed E-state index contributed by atoms with van der Waals surface area (Å²) in [5.41, 5.74) is 0.561. The minimum atomic E-state index is -0.867. The number of hydrogen-bond acceptors (Lipinski definition) is 5. The van der Waals surface area contributed by atoms with Gasteiger partial charge >= 0.3 is 5.97 Å². The molecule has 2 aromatic rings. The average molecular weight is 410 g/mol. The molecule has 0 aromatic heterocycles. The minimum Gasteiger partial charge on any atom is -0.497 e. The van der Waals surface area contributed by atoms with Gasteiger partial charge in [0.15, 0.2) is 6.61 Å². The van der Waals surface area contributed by atoms with E-state index in [2.05, 4.69) is 5.32 Å². The molecule has 3 rings (SSSR count). The van der Waals surface area contributed by atoms with Gasteiger partial charge in [-0.05, 0) is 42.7 Å². The third-order valence-electron chi connectivity index (χ3n) is 5.49. The van der Waals surface area contributed by atoms with E-state index in [1.165, 1.54) is 6.92 Å². The van der Waals surface area contributed by atoms with Crippen LogP contribution < -0.4 is 10.1 Å². The van der Waals surface area contributed by atoms with Crippen LogP contribution in [-0.4, -0.2) is 49.5 Å². The Bertz CT molecular complexity index is 888. The first-order valence-corrected chi connectivity index (χ1v) is 9.87. The monoisotopic (exact) mass is 410 g/mol. The van der Waals surface area contributed by atoms with Crippen molar-refractivity contribution < 1.29 is 23.9 Å². The summed E-state index contributed by atoms with van der Waals surface area (Å²) in [4.78, 5) is 38.8. The molecule has 2 amide bonds. The highest BCUT2D eigenvalue weighted by molar-refractivity contribution is 5.94. The molecule has 0 radical (unpaired) electrons. The zero-order valence-electron chi connectivity index (χ0n) is 17.2. The molecule has 1 N–H and O–H groups in total. The number of esters is 1. The molecule has 158 valence electrons. The molecular formula is C23H26N2O5. The zero-order chi connectivity index (χ0) is 21.6. The van der Waals surface area contributed by atoms with Crippen LogP contribution in [0.1, 0.15) is 25.3 Å². The van der Waals surface area contributed by atoms with Gasteiger partial charge in [-0.25, -0.2) is 0 Å². The van der Waals surface area contributed by atoms with E-state index in [4.69, 9.17) is 9.47 Å². The smallest absolute Gasteiger partial charge is 0.317 e. The Hall–Kier alpha value is -3.35. The fourth-order valence-corrected chi connectivity index (χ4v) is 3.71. The van der Waals surface area contributed by atoms with Crippen molar-refractivity contribution in [1.82, 2.24) is 4.90 Å². The van der Waals surface area contributed by atoms with Crippen LogP contribution in [0.15, 0.2) is 54.6 Å². The van der Waals surface area contributed by atoms with Crippen molar-refractivity contribution >= 4 is 23.5 Å². The van der Waals surface area contributed by atoms with Gasteiger partial charge in [0.05, 0.1) is 12.5 Å². The summed E-state index contributed by atoms with van der Waals surface area (Å²) in [5.74, 6) is -0.190. The molecule has 1 aliphatic rings. The number of carbonyl (C=O) groups is 3. The highest BCUT2D eigenvalue weighted by atomic mass is 16.5. The molecule has 0 saturated carbocycles. The zero-order valence-corrected chi connectivity index (χ0v) is 17.2. The van der Waals surface area contributed by atoms with Gasteiger partial charge in [0, 0.05) is 25.7 Å². The number of piperidine rings is 1. The molecule has 1 saturated heterocycles. The number of ether oxygens (including phenoxy) is 2. The second-order valence-corrected chi connectivity index (χ2v) is 7.31. The molecule has 0 aliphatic carbocycles. The summed E-state index contributed by atoms with van der Waals surface area (Å²) in [7, 11) is 1.57. The number of likely N-dealkylation sites (tertiary alicyclic amines) is 1. The van der Waals surface area contributed by atoms with Crippen LogP contribution in [0.2, 0.25) is 0 Å². The normalized spacial score (nSPS) is 15.2. The Morgan fingerprint density at radius 3 is 2.20 bits per heavy atom. The molecule has 1 fully saturated rings. The lowest BCUT2D eigenvalue weighted by Crippen LogP contribution is -2.49. The van der Waals surface area contributed by atoms with Crippen LogP contribution in [0.3, 0.4) is 0 Å². The third-order valence-corrected chi connectivity index (χ3v) is 5.49. The van der Waals surface area contributed by atoms with E-state index in [1.54, 1.807) is 36.3 Å². The quantitative estimate of drug-likeness (QED) is 0.741. The molecular weight excluding hydrogens is 384 g/mol. The first-order chi connectivity index (χ1) is 14.4. The SMILES string of the molecule is COc1ccc(NC(=O)COC(=O)C2(c3ccccc3)CCN(C(C)=O)CC2)cc1. The summed E-state index contributed by atoms with van der Waals surface area (Å²) >= 11 is 0. The molecule has 0 bridgehead atoms. The Morgan fingerprint density at radius 1 is 1.00 bits per heavy atom. The molecule has 1 heterocycles. The fraction of sp³-hybridized carbons (Fsp3) is 0.348. The minimum absolute atomic E-state index is 0.0103. The number of benzene rings is 2. The second kappa shape index (κ2) is 9.43. The van der Waals surface area contributed by atoms with Crippen LogP contribution in [-0.2, 0) is 24.5 Å². The molecule has 7 heteroatoms. The predicted molar refractivity (Wildman–Crippen MR) is 112 cm³/mol. The van der Waals surface area contributed by atoms with Gasteiger partial charge in [-0.2, -0.15) is 0 Å². The molecule has 1 aliphatic heterocycles. The first-order valence-electron chi connectivity index (χ1n) is 9.87. The summed E-state index contributed by atoms with van der Waals surface area (Å²) in [6.07, 6.45) is 0.908. The number of carbonyl (C=O) groups excluding carboxylic acids is 3. The standard InChI is InChI=1S/C23H26N2O5/c1-17(26)25-14-12-23(13-15-25,18-6-4-3-5-7-18)22(28)30-16-21(27)24-19-8-10-20(29-2)11-9-19/h3-11H,12-16H2,1-2H3,(H,24,27). The van der Waals surface area contributed by atoms with Gasteiger partial charge < -0.3 is 19.7 Å². The second-order valence-electron chi connectivity index (χ2n) is 7.31. The van der Waals surface area contributed by atoms with Crippen molar-refractivity contribution in [3.8, 4) is 5.75 Å². The summed E-state index contributed by atoms with van der Waals surface area (Å²) in [6.45, 7) is 2.09. The Labute approximate surface area is 176 Å².